The Bertz CT molecular complexity index is 459. The molecule has 18 heavy (non-hydrogen) atoms. The number of hydrogen-bond acceptors (Lipinski definition) is 4. The second-order valence-corrected chi connectivity index (χ2v) is 5.11. The highest BCUT2D eigenvalue weighted by molar-refractivity contribution is 5.83. The van der Waals surface area contributed by atoms with Gasteiger partial charge in [0.2, 0.25) is 5.91 Å². The van der Waals surface area contributed by atoms with E-state index in [1.807, 2.05) is 32.0 Å². The maximum atomic E-state index is 12.3. The van der Waals surface area contributed by atoms with E-state index < -0.39 is 6.04 Å². The zero-order chi connectivity index (χ0) is 13.2. The van der Waals surface area contributed by atoms with Crippen molar-refractivity contribution in [1.29, 1.82) is 5.26 Å². The van der Waals surface area contributed by atoms with Crippen molar-refractivity contribution in [3.63, 3.8) is 0 Å². The SMILES string of the molecule is CC1(C)CNC(CC#N)C(=O)N1Cc1ccco1. The number of amides is 1. The number of hydrogen-bond donors (Lipinski definition) is 1. The molecule has 0 bridgehead atoms. The lowest BCUT2D eigenvalue weighted by molar-refractivity contribution is -0.144. The largest absolute Gasteiger partial charge is 0.467 e. The second kappa shape index (κ2) is 4.83. The molecule has 2 rings (SSSR count). The zero-order valence-corrected chi connectivity index (χ0v) is 10.6. The molecule has 5 heteroatoms. The molecule has 96 valence electrons. The molecule has 1 N–H and O–H groups in total. The van der Waals surface area contributed by atoms with E-state index in [4.69, 9.17) is 9.68 Å². The van der Waals surface area contributed by atoms with Crippen molar-refractivity contribution in [2.45, 2.75) is 38.4 Å². The van der Waals surface area contributed by atoms with Crippen molar-refractivity contribution in [2.24, 2.45) is 0 Å². The third-order valence-corrected chi connectivity index (χ3v) is 3.27. The van der Waals surface area contributed by atoms with Crippen LogP contribution < -0.4 is 5.32 Å². The molecule has 1 aromatic heterocycles. The zero-order valence-electron chi connectivity index (χ0n) is 10.6. The van der Waals surface area contributed by atoms with E-state index in [-0.39, 0.29) is 17.9 Å². The summed E-state index contributed by atoms with van der Waals surface area (Å²) in [4.78, 5) is 14.1. The first-order chi connectivity index (χ1) is 8.54. The van der Waals surface area contributed by atoms with E-state index in [9.17, 15) is 4.79 Å². The minimum atomic E-state index is -0.405. The van der Waals surface area contributed by atoms with Gasteiger partial charge in [0.1, 0.15) is 11.8 Å². The molecule has 1 aliphatic rings. The van der Waals surface area contributed by atoms with Gasteiger partial charge in [-0.25, -0.2) is 0 Å². The summed E-state index contributed by atoms with van der Waals surface area (Å²) in [6.07, 6.45) is 1.80. The monoisotopic (exact) mass is 247 g/mol. The van der Waals surface area contributed by atoms with Gasteiger partial charge in [0.15, 0.2) is 0 Å². The van der Waals surface area contributed by atoms with E-state index in [1.54, 1.807) is 11.2 Å². The van der Waals surface area contributed by atoms with Gasteiger partial charge in [-0.2, -0.15) is 5.26 Å². The highest BCUT2D eigenvalue weighted by atomic mass is 16.3. The Balaban J connectivity index is 2.17. The van der Waals surface area contributed by atoms with E-state index in [0.717, 1.165) is 5.76 Å². The minimum Gasteiger partial charge on any atom is -0.467 e. The predicted octanol–water partition coefficient (Wildman–Crippen LogP) is 1.27. The van der Waals surface area contributed by atoms with Crippen LogP contribution in [-0.4, -0.2) is 28.9 Å². The summed E-state index contributed by atoms with van der Waals surface area (Å²) in [6.45, 7) is 5.13. The Hall–Kier alpha value is -1.80. The molecule has 5 nitrogen and oxygen atoms in total. The van der Waals surface area contributed by atoms with Gasteiger partial charge in [0, 0.05) is 6.54 Å². The van der Waals surface area contributed by atoms with Crippen LogP contribution in [0.25, 0.3) is 0 Å². The van der Waals surface area contributed by atoms with Crippen LogP contribution in [0.15, 0.2) is 22.8 Å². The minimum absolute atomic E-state index is 0.0378. The van der Waals surface area contributed by atoms with Gasteiger partial charge in [-0.1, -0.05) is 0 Å². The molecule has 2 heterocycles. The van der Waals surface area contributed by atoms with Gasteiger partial charge in [0.25, 0.3) is 0 Å². The fraction of sp³-hybridized carbons (Fsp3) is 0.538. The van der Waals surface area contributed by atoms with Crippen LogP contribution in [0.1, 0.15) is 26.0 Å². The lowest BCUT2D eigenvalue weighted by Gasteiger charge is -2.45. The number of nitrogens with one attached hydrogen (secondary N) is 1. The Labute approximate surface area is 106 Å². The summed E-state index contributed by atoms with van der Waals surface area (Å²) in [5.41, 5.74) is -0.282. The van der Waals surface area contributed by atoms with Crippen LogP contribution in [0, 0.1) is 11.3 Å². The molecule has 1 aliphatic heterocycles. The van der Waals surface area contributed by atoms with E-state index in [0.29, 0.717) is 13.1 Å². The van der Waals surface area contributed by atoms with Crippen molar-refractivity contribution < 1.29 is 9.21 Å². The van der Waals surface area contributed by atoms with Crippen molar-refractivity contribution >= 4 is 5.91 Å². The molecule has 0 aromatic carbocycles. The van der Waals surface area contributed by atoms with Crippen LogP contribution in [-0.2, 0) is 11.3 Å². The number of carbonyl (C=O) groups is 1. The van der Waals surface area contributed by atoms with Crippen molar-refractivity contribution in [3.05, 3.63) is 24.2 Å². The standard InChI is InChI=1S/C13H17N3O2/c1-13(2)9-15-11(5-6-14)12(17)16(13)8-10-4-3-7-18-10/h3-4,7,11,15H,5,8-9H2,1-2H3. The van der Waals surface area contributed by atoms with Crippen molar-refractivity contribution in [1.82, 2.24) is 10.2 Å². The Morgan fingerprint density at radius 2 is 2.44 bits per heavy atom. The smallest absolute Gasteiger partial charge is 0.241 e. The summed E-state index contributed by atoms with van der Waals surface area (Å²) in [6, 6.07) is 5.30. The molecular weight excluding hydrogens is 230 g/mol. The molecule has 1 amide bonds. The quantitative estimate of drug-likeness (QED) is 0.873. The maximum absolute atomic E-state index is 12.3. The van der Waals surface area contributed by atoms with Gasteiger partial charge < -0.3 is 14.6 Å². The summed E-state index contributed by atoms with van der Waals surface area (Å²) in [7, 11) is 0. The molecule has 0 spiro atoms. The lowest BCUT2D eigenvalue weighted by atomic mass is 9.95. The molecule has 0 radical (unpaired) electrons. The Morgan fingerprint density at radius 1 is 1.67 bits per heavy atom. The number of nitriles is 1. The predicted molar refractivity (Wildman–Crippen MR) is 65.4 cm³/mol. The van der Waals surface area contributed by atoms with E-state index in [1.165, 1.54) is 0 Å². The van der Waals surface area contributed by atoms with E-state index >= 15 is 0 Å². The van der Waals surface area contributed by atoms with Crippen molar-refractivity contribution in [2.75, 3.05) is 6.54 Å². The number of piperazine rings is 1. The summed E-state index contributed by atoms with van der Waals surface area (Å²) >= 11 is 0. The Kier molecular flexibility index (Phi) is 3.39. The molecule has 1 fully saturated rings. The number of furan rings is 1. The molecular formula is C13H17N3O2. The fourth-order valence-corrected chi connectivity index (χ4v) is 2.14. The first kappa shape index (κ1) is 12.7. The van der Waals surface area contributed by atoms with Crippen LogP contribution in [0.4, 0.5) is 0 Å². The normalized spacial score (nSPS) is 22.8. The van der Waals surface area contributed by atoms with Crippen molar-refractivity contribution in [3.8, 4) is 6.07 Å². The highest BCUT2D eigenvalue weighted by Crippen LogP contribution is 2.23. The fourth-order valence-electron chi connectivity index (χ4n) is 2.14. The van der Waals surface area contributed by atoms with Crippen LogP contribution in [0.2, 0.25) is 0 Å². The third kappa shape index (κ3) is 2.39. The first-order valence-corrected chi connectivity index (χ1v) is 5.99. The number of rotatable bonds is 3. The maximum Gasteiger partial charge on any atom is 0.241 e. The van der Waals surface area contributed by atoms with Crippen LogP contribution >= 0.6 is 0 Å². The summed E-state index contributed by atoms with van der Waals surface area (Å²) in [5.74, 6) is 0.721. The summed E-state index contributed by atoms with van der Waals surface area (Å²) < 4.78 is 5.29. The van der Waals surface area contributed by atoms with Gasteiger partial charge in [-0.3, -0.25) is 4.79 Å². The highest BCUT2D eigenvalue weighted by Gasteiger charge is 2.40. The molecule has 0 aliphatic carbocycles. The topological polar surface area (TPSA) is 69.3 Å². The number of carbonyl (C=O) groups excluding carboxylic acids is 1. The molecule has 1 atom stereocenters. The first-order valence-electron chi connectivity index (χ1n) is 5.99. The molecule has 1 saturated heterocycles. The van der Waals surface area contributed by atoms with Gasteiger partial charge in [0.05, 0.1) is 30.8 Å². The molecule has 1 unspecified atom stereocenters. The second-order valence-electron chi connectivity index (χ2n) is 5.11. The molecule has 1 aromatic rings. The Morgan fingerprint density at radius 3 is 3.06 bits per heavy atom. The van der Waals surface area contributed by atoms with E-state index in [2.05, 4.69) is 5.32 Å². The van der Waals surface area contributed by atoms with Gasteiger partial charge in [-0.05, 0) is 26.0 Å². The average molecular weight is 247 g/mol. The average Bonchev–Trinajstić information content (AvgIpc) is 2.81. The lowest BCUT2D eigenvalue weighted by Crippen LogP contribution is -2.64. The number of nitrogens with zero attached hydrogens (tertiary/aromatic N) is 2. The van der Waals surface area contributed by atoms with Crippen LogP contribution in [0.3, 0.4) is 0 Å². The molecule has 0 saturated carbocycles. The van der Waals surface area contributed by atoms with Gasteiger partial charge >= 0.3 is 0 Å². The van der Waals surface area contributed by atoms with Gasteiger partial charge in [-0.15, -0.1) is 0 Å². The van der Waals surface area contributed by atoms with Crippen LogP contribution in [0.5, 0.6) is 0 Å². The third-order valence-electron chi connectivity index (χ3n) is 3.27. The summed E-state index contributed by atoms with van der Waals surface area (Å²) in [5, 5.41) is 11.9.